The number of ether oxygens (including phenoxy) is 2. The average Bonchev–Trinajstić information content (AvgIpc) is 3.07. The van der Waals surface area contributed by atoms with E-state index < -0.39 is 26.5 Å². The number of hydrogen-bond acceptors (Lipinski definition) is 5. The number of hydrogen-bond donors (Lipinski definition) is 2. The molecule has 8 heteroatoms. The molecule has 0 saturated heterocycles. The first-order valence-corrected chi connectivity index (χ1v) is 21.1. The van der Waals surface area contributed by atoms with Crippen LogP contribution < -0.4 is 0 Å². The molecule has 7 nitrogen and oxygen atoms in total. The van der Waals surface area contributed by atoms with Gasteiger partial charge in [-0.15, -0.1) is 0 Å². The van der Waals surface area contributed by atoms with Crippen LogP contribution in [0.3, 0.4) is 0 Å². The van der Waals surface area contributed by atoms with Crippen LogP contribution in [-0.2, 0) is 23.4 Å². The fourth-order valence-corrected chi connectivity index (χ4v) is 5.60. The van der Waals surface area contributed by atoms with Gasteiger partial charge in [0.05, 0.1) is 13.2 Å². The minimum atomic E-state index is -4.67. The van der Waals surface area contributed by atoms with E-state index >= 15 is 0 Å². The molecular weight excluding hydrogens is 635 g/mol. The summed E-state index contributed by atoms with van der Waals surface area (Å²) in [4.78, 5) is 30.5. The molecule has 0 amide bonds. The molecule has 0 unspecified atom stereocenters. The number of phosphoric acid groups is 1. The van der Waals surface area contributed by atoms with Crippen molar-refractivity contribution in [1.29, 1.82) is 0 Å². The van der Waals surface area contributed by atoms with Crippen molar-refractivity contribution < 1.29 is 33.1 Å². The maximum absolute atomic E-state index is 12.4. The van der Waals surface area contributed by atoms with Crippen molar-refractivity contribution >= 4 is 13.8 Å². The summed E-state index contributed by atoms with van der Waals surface area (Å²) >= 11 is 0. The molecule has 2 N–H and O–H groups in total. The molecule has 0 aliphatic carbocycles. The van der Waals surface area contributed by atoms with Gasteiger partial charge in [0.15, 0.2) is 0 Å². The van der Waals surface area contributed by atoms with Crippen molar-refractivity contribution in [3.8, 4) is 0 Å². The topological polar surface area (TPSA) is 102 Å². The first-order valence-electron chi connectivity index (χ1n) is 19.6. The van der Waals surface area contributed by atoms with E-state index in [1.54, 1.807) is 0 Å². The van der Waals surface area contributed by atoms with Crippen LogP contribution >= 0.6 is 7.82 Å². The fourth-order valence-electron chi connectivity index (χ4n) is 5.24. The predicted octanol–water partition coefficient (Wildman–Crippen LogP) is 12.2. The van der Waals surface area contributed by atoms with Gasteiger partial charge in [-0.1, -0.05) is 171 Å². The number of unbranched alkanes of at least 4 members (excludes halogenated alkanes) is 16. The molecule has 0 rings (SSSR count). The Kier molecular flexibility index (Phi) is 36.1. The van der Waals surface area contributed by atoms with Crippen LogP contribution in [0.25, 0.3) is 0 Å². The van der Waals surface area contributed by atoms with Crippen LogP contribution in [0.4, 0.5) is 0 Å². The normalized spacial score (nSPS) is 13.3. The quantitative estimate of drug-likeness (QED) is 0.0289. The molecule has 0 aromatic carbocycles. The van der Waals surface area contributed by atoms with Gasteiger partial charge in [-0.2, -0.15) is 0 Å². The summed E-state index contributed by atoms with van der Waals surface area (Å²) in [5, 5.41) is 0. The maximum Gasteiger partial charge on any atom is 0.469 e. The van der Waals surface area contributed by atoms with E-state index in [1.807, 2.05) is 0 Å². The van der Waals surface area contributed by atoms with E-state index in [0.717, 1.165) is 51.4 Å². The Bertz CT molecular complexity index is 919. The lowest BCUT2D eigenvalue weighted by Gasteiger charge is -2.18. The van der Waals surface area contributed by atoms with Crippen LogP contribution in [0.2, 0.25) is 0 Å². The van der Waals surface area contributed by atoms with Gasteiger partial charge in [0.25, 0.3) is 0 Å². The van der Waals surface area contributed by atoms with Crippen molar-refractivity contribution in [1.82, 2.24) is 0 Å². The number of rotatable bonds is 36. The summed E-state index contributed by atoms with van der Waals surface area (Å²) in [5.41, 5.74) is 0. The van der Waals surface area contributed by atoms with E-state index in [2.05, 4.69) is 79.1 Å². The van der Waals surface area contributed by atoms with Gasteiger partial charge in [0.1, 0.15) is 6.10 Å². The van der Waals surface area contributed by atoms with Gasteiger partial charge < -0.3 is 19.3 Å². The third-order valence-corrected chi connectivity index (χ3v) is 8.57. The standard InChI is InChI=1S/C41H73O7P/c1-3-5-7-9-11-13-15-17-19-21-22-24-26-28-30-32-34-36-41(42)48-40(39-47-49(43,44)45)38-46-37-35-33-31-29-27-25-23-20-18-16-14-12-10-8-6-4-2/h5,7,11,13,17,19,22,24,28,30,40H,3-4,6,8-10,12,14-16,18,20-21,23,25-27,29,31-39H2,1-2H3,(H2,43,44,45)/b7-5-,13-11-,19-17-,24-22-,30-28-/t40-/m1/s1. The van der Waals surface area contributed by atoms with Crippen LogP contribution in [0, 0.1) is 0 Å². The first kappa shape index (κ1) is 47.2. The highest BCUT2D eigenvalue weighted by atomic mass is 31.2. The summed E-state index contributed by atoms with van der Waals surface area (Å²) < 4.78 is 26.9. The fraction of sp³-hybridized carbons (Fsp3) is 0.732. The van der Waals surface area contributed by atoms with Crippen LogP contribution in [0.1, 0.15) is 168 Å². The van der Waals surface area contributed by atoms with E-state index in [4.69, 9.17) is 19.3 Å². The smallest absolute Gasteiger partial charge is 0.457 e. The minimum absolute atomic E-state index is 0.0548. The highest BCUT2D eigenvalue weighted by Crippen LogP contribution is 2.35. The highest BCUT2D eigenvalue weighted by Gasteiger charge is 2.21. The number of carbonyl (C=O) groups excluding carboxylic acids is 1. The van der Waals surface area contributed by atoms with Crippen LogP contribution in [0.15, 0.2) is 60.8 Å². The van der Waals surface area contributed by atoms with Gasteiger partial charge in [0.2, 0.25) is 0 Å². The molecular formula is C41H73O7P. The highest BCUT2D eigenvalue weighted by molar-refractivity contribution is 7.46. The number of carbonyl (C=O) groups is 1. The lowest BCUT2D eigenvalue weighted by molar-refractivity contribution is -0.154. The van der Waals surface area contributed by atoms with Gasteiger partial charge in [-0.25, -0.2) is 4.57 Å². The Balaban J connectivity index is 3.93. The van der Waals surface area contributed by atoms with Gasteiger partial charge in [-0.3, -0.25) is 9.32 Å². The Morgan fingerprint density at radius 3 is 1.45 bits per heavy atom. The average molecular weight is 709 g/mol. The Labute approximate surface area is 301 Å². The molecule has 0 aliphatic rings. The van der Waals surface area contributed by atoms with Crippen molar-refractivity contribution in [2.75, 3.05) is 19.8 Å². The molecule has 0 radical (unpaired) electrons. The Morgan fingerprint density at radius 1 is 0.571 bits per heavy atom. The van der Waals surface area contributed by atoms with E-state index in [-0.39, 0.29) is 13.0 Å². The summed E-state index contributed by atoms with van der Waals surface area (Å²) in [5.74, 6) is -0.419. The maximum atomic E-state index is 12.4. The SMILES string of the molecule is CC/C=C\C/C=C\C/C=C\C/C=C\C/C=C\CCCC(=O)O[C@H](COCCCCCCCCCCCCCCCCCC)COP(=O)(O)O. The molecule has 0 aromatic rings. The second-order valence-corrected chi connectivity index (χ2v) is 14.1. The molecule has 284 valence electrons. The zero-order chi connectivity index (χ0) is 35.9. The first-order chi connectivity index (χ1) is 23.9. The number of esters is 1. The second kappa shape index (κ2) is 37.5. The predicted molar refractivity (Wildman–Crippen MR) is 207 cm³/mol. The summed E-state index contributed by atoms with van der Waals surface area (Å²) in [6.07, 6.45) is 47.9. The minimum Gasteiger partial charge on any atom is -0.457 e. The molecule has 0 spiro atoms. The molecule has 0 heterocycles. The van der Waals surface area contributed by atoms with Gasteiger partial charge >= 0.3 is 13.8 Å². The third kappa shape index (κ3) is 40.6. The largest absolute Gasteiger partial charge is 0.469 e. The zero-order valence-corrected chi connectivity index (χ0v) is 32.2. The lowest BCUT2D eigenvalue weighted by Crippen LogP contribution is -2.28. The third-order valence-electron chi connectivity index (χ3n) is 8.08. The molecule has 0 aliphatic heterocycles. The van der Waals surface area contributed by atoms with Crippen molar-refractivity contribution in [3.63, 3.8) is 0 Å². The van der Waals surface area contributed by atoms with Crippen LogP contribution in [0.5, 0.6) is 0 Å². The Morgan fingerprint density at radius 2 is 1.00 bits per heavy atom. The summed E-state index contributed by atoms with van der Waals surface area (Å²) in [6.45, 7) is 4.58. The summed E-state index contributed by atoms with van der Waals surface area (Å²) in [7, 11) is -4.67. The molecule has 0 saturated carbocycles. The number of allylic oxidation sites excluding steroid dienone is 10. The van der Waals surface area contributed by atoms with E-state index in [0.29, 0.717) is 13.0 Å². The molecule has 1 atom stereocenters. The number of phosphoric ester groups is 1. The second-order valence-electron chi connectivity index (χ2n) is 12.9. The Hall–Kier alpha value is -1.76. The zero-order valence-electron chi connectivity index (χ0n) is 31.3. The van der Waals surface area contributed by atoms with Crippen LogP contribution in [-0.4, -0.2) is 41.7 Å². The van der Waals surface area contributed by atoms with E-state index in [9.17, 15) is 9.36 Å². The molecule has 0 bridgehead atoms. The van der Waals surface area contributed by atoms with Crippen molar-refractivity contribution in [3.05, 3.63) is 60.8 Å². The van der Waals surface area contributed by atoms with Crippen molar-refractivity contribution in [2.24, 2.45) is 0 Å². The lowest BCUT2D eigenvalue weighted by atomic mass is 10.0. The molecule has 0 aromatic heterocycles. The molecule has 49 heavy (non-hydrogen) atoms. The monoisotopic (exact) mass is 709 g/mol. The van der Waals surface area contributed by atoms with Gasteiger partial charge in [-0.05, 0) is 51.4 Å². The molecule has 0 fully saturated rings. The van der Waals surface area contributed by atoms with Crippen molar-refractivity contribution in [2.45, 2.75) is 174 Å². The van der Waals surface area contributed by atoms with Gasteiger partial charge in [0, 0.05) is 13.0 Å². The van der Waals surface area contributed by atoms with E-state index in [1.165, 1.54) is 89.9 Å². The summed E-state index contributed by atoms with van der Waals surface area (Å²) in [6, 6.07) is 0.